The summed E-state index contributed by atoms with van der Waals surface area (Å²) in [5.74, 6) is -1.29. The van der Waals surface area contributed by atoms with Crippen LogP contribution in [-0.4, -0.2) is 10.8 Å². The fraction of sp³-hybridized carbons (Fsp3) is 0.125. The van der Waals surface area contributed by atoms with Crippen LogP contribution in [0.25, 0.3) is 0 Å². The lowest BCUT2D eigenvalue weighted by Gasteiger charge is -2.06. The highest BCUT2D eigenvalue weighted by Gasteiger charge is 2.15. The number of benzene rings is 2. The Morgan fingerprint density at radius 1 is 1.26 bits per heavy atom. The summed E-state index contributed by atoms with van der Waals surface area (Å²) in [6.07, 6.45) is 0.623. The van der Waals surface area contributed by atoms with Crippen molar-refractivity contribution >= 4 is 17.3 Å². The summed E-state index contributed by atoms with van der Waals surface area (Å²) in [5.41, 5.74) is 0.916. The third-order valence-electron chi connectivity index (χ3n) is 3.15. The van der Waals surface area contributed by atoms with E-state index in [1.54, 1.807) is 24.3 Å². The van der Waals surface area contributed by atoms with E-state index in [4.69, 9.17) is 5.26 Å². The molecule has 0 saturated carbocycles. The minimum Gasteiger partial charge on any atom is -0.326 e. The summed E-state index contributed by atoms with van der Waals surface area (Å²) >= 11 is 0. The van der Waals surface area contributed by atoms with Gasteiger partial charge in [0.05, 0.1) is 16.6 Å². The SMILES string of the molecule is N#Cc1ccc(CCC(=O)Nc2ccc(F)c([N+](=O)[O-])c2)cc1. The second-order valence-electron chi connectivity index (χ2n) is 4.78. The van der Waals surface area contributed by atoms with Gasteiger partial charge in [0.25, 0.3) is 0 Å². The van der Waals surface area contributed by atoms with Crippen LogP contribution in [0.1, 0.15) is 17.5 Å². The topological polar surface area (TPSA) is 96.0 Å². The van der Waals surface area contributed by atoms with Crippen molar-refractivity contribution in [2.24, 2.45) is 0 Å². The number of anilines is 1. The predicted molar refractivity (Wildman–Crippen MR) is 81.2 cm³/mol. The van der Waals surface area contributed by atoms with Crippen molar-refractivity contribution < 1.29 is 14.1 Å². The molecule has 6 nitrogen and oxygen atoms in total. The number of halogens is 1. The maximum Gasteiger partial charge on any atom is 0.306 e. The number of nitro benzene ring substituents is 1. The number of amides is 1. The van der Waals surface area contributed by atoms with Crippen molar-refractivity contribution in [2.75, 3.05) is 5.32 Å². The van der Waals surface area contributed by atoms with Gasteiger partial charge in [-0.05, 0) is 36.2 Å². The number of nitriles is 1. The summed E-state index contributed by atoms with van der Waals surface area (Å²) in [5, 5.41) is 21.9. The Labute approximate surface area is 131 Å². The minimum atomic E-state index is -0.953. The van der Waals surface area contributed by atoms with Gasteiger partial charge >= 0.3 is 5.69 Å². The zero-order valence-electron chi connectivity index (χ0n) is 12.0. The van der Waals surface area contributed by atoms with Crippen LogP contribution >= 0.6 is 0 Å². The fourth-order valence-corrected chi connectivity index (χ4v) is 1.96. The average molecular weight is 313 g/mol. The molecule has 1 amide bonds. The Morgan fingerprint density at radius 3 is 2.57 bits per heavy atom. The van der Waals surface area contributed by atoms with E-state index < -0.39 is 16.4 Å². The third kappa shape index (κ3) is 4.35. The van der Waals surface area contributed by atoms with Crippen LogP contribution in [-0.2, 0) is 11.2 Å². The van der Waals surface area contributed by atoms with Crippen LogP contribution in [0.5, 0.6) is 0 Å². The van der Waals surface area contributed by atoms with Crippen molar-refractivity contribution in [3.8, 4) is 6.07 Å². The van der Waals surface area contributed by atoms with Crippen LogP contribution in [0, 0.1) is 27.3 Å². The molecule has 1 N–H and O–H groups in total. The lowest BCUT2D eigenvalue weighted by molar-refractivity contribution is -0.387. The van der Waals surface area contributed by atoms with E-state index in [1.165, 1.54) is 6.07 Å². The second kappa shape index (κ2) is 7.13. The molecule has 2 aromatic rings. The van der Waals surface area contributed by atoms with Crippen LogP contribution in [0.4, 0.5) is 15.8 Å². The maximum absolute atomic E-state index is 13.2. The molecule has 0 heterocycles. The zero-order chi connectivity index (χ0) is 16.8. The Balaban J connectivity index is 1.95. The normalized spacial score (nSPS) is 9.91. The van der Waals surface area contributed by atoms with Crippen LogP contribution in [0.15, 0.2) is 42.5 Å². The molecule has 0 unspecified atom stereocenters. The number of carbonyl (C=O) groups is 1. The molecule has 0 aliphatic carbocycles. The molecule has 0 aliphatic rings. The van der Waals surface area contributed by atoms with Gasteiger partial charge in [-0.3, -0.25) is 14.9 Å². The van der Waals surface area contributed by atoms with Gasteiger partial charge in [0.1, 0.15) is 0 Å². The molecule has 116 valence electrons. The lowest BCUT2D eigenvalue weighted by Crippen LogP contribution is -2.12. The zero-order valence-corrected chi connectivity index (χ0v) is 12.0. The van der Waals surface area contributed by atoms with E-state index in [9.17, 15) is 19.3 Å². The van der Waals surface area contributed by atoms with Crippen molar-refractivity contribution in [1.82, 2.24) is 0 Å². The first-order valence-corrected chi connectivity index (χ1v) is 6.72. The first kappa shape index (κ1) is 16.1. The molecule has 0 bridgehead atoms. The van der Waals surface area contributed by atoms with Crippen LogP contribution in [0.2, 0.25) is 0 Å². The highest BCUT2D eigenvalue weighted by Crippen LogP contribution is 2.21. The largest absolute Gasteiger partial charge is 0.326 e. The van der Waals surface area contributed by atoms with Gasteiger partial charge in [-0.1, -0.05) is 12.1 Å². The highest BCUT2D eigenvalue weighted by atomic mass is 19.1. The molecular formula is C16H12FN3O3. The highest BCUT2D eigenvalue weighted by molar-refractivity contribution is 5.91. The Bertz CT molecular complexity index is 782. The smallest absolute Gasteiger partial charge is 0.306 e. The van der Waals surface area contributed by atoms with Crippen LogP contribution in [0.3, 0.4) is 0 Å². The molecule has 2 aromatic carbocycles. The number of carbonyl (C=O) groups excluding carboxylic acids is 1. The molecule has 0 fully saturated rings. The average Bonchev–Trinajstić information content (AvgIpc) is 2.55. The van der Waals surface area contributed by atoms with E-state index in [0.29, 0.717) is 12.0 Å². The number of hydrogen-bond donors (Lipinski definition) is 1. The third-order valence-corrected chi connectivity index (χ3v) is 3.15. The number of nitrogens with one attached hydrogen (secondary N) is 1. The first-order valence-electron chi connectivity index (χ1n) is 6.72. The van der Waals surface area contributed by atoms with Gasteiger partial charge in [-0.2, -0.15) is 9.65 Å². The molecule has 0 radical (unpaired) electrons. The number of hydrogen-bond acceptors (Lipinski definition) is 4. The molecule has 0 aromatic heterocycles. The van der Waals surface area contributed by atoms with Crippen molar-refractivity contribution in [1.29, 1.82) is 5.26 Å². The quantitative estimate of drug-likeness (QED) is 0.677. The summed E-state index contributed by atoms with van der Waals surface area (Å²) in [7, 11) is 0. The number of aryl methyl sites for hydroxylation is 1. The van der Waals surface area contributed by atoms with E-state index in [1.807, 2.05) is 6.07 Å². The van der Waals surface area contributed by atoms with Crippen LogP contribution < -0.4 is 5.32 Å². The van der Waals surface area contributed by atoms with Crippen molar-refractivity contribution in [2.45, 2.75) is 12.8 Å². The Hall–Kier alpha value is -3.27. The van der Waals surface area contributed by atoms with Gasteiger partial charge < -0.3 is 5.32 Å². The lowest BCUT2D eigenvalue weighted by atomic mass is 10.1. The second-order valence-corrected chi connectivity index (χ2v) is 4.78. The van der Waals surface area contributed by atoms with E-state index in [-0.39, 0.29) is 18.0 Å². The van der Waals surface area contributed by atoms with E-state index >= 15 is 0 Å². The Kier molecular flexibility index (Phi) is 5.00. The molecular weight excluding hydrogens is 301 g/mol. The molecule has 23 heavy (non-hydrogen) atoms. The molecule has 7 heteroatoms. The van der Waals surface area contributed by atoms with Gasteiger partial charge in [-0.25, -0.2) is 0 Å². The van der Waals surface area contributed by atoms with E-state index in [0.717, 1.165) is 17.7 Å². The number of nitro groups is 1. The molecule has 0 aliphatic heterocycles. The number of nitrogens with zero attached hydrogens (tertiary/aromatic N) is 2. The van der Waals surface area contributed by atoms with Crippen molar-refractivity contribution in [3.05, 3.63) is 69.5 Å². The van der Waals surface area contributed by atoms with Crippen molar-refractivity contribution in [3.63, 3.8) is 0 Å². The fourth-order valence-electron chi connectivity index (χ4n) is 1.96. The predicted octanol–water partition coefficient (Wildman–Crippen LogP) is 3.18. The summed E-state index contributed by atoms with van der Waals surface area (Å²) in [6, 6.07) is 12.0. The molecule has 0 saturated heterocycles. The Morgan fingerprint density at radius 2 is 1.96 bits per heavy atom. The summed E-state index contributed by atoms with van der Waals surface area (Å²) < 4.78 is 13.2. The van der Waals surface area contributed by atoms with E-state index in [2.05, 4.69) is 5.32 Å². The number of rotatable bonds is 5. The minimum absolute atomic E-state index is 0.164. The van der Waals surface area contributed by atoms with Gasteiger partial charge in [-0.15, -0.1) is 0 Å². The molecule has 2 rings (SSSR count). The van der Waals surface area contributed by atoms with Gasteiger partial charge in [0, 0.05) is 18.2 Å². The first-order chi connectivity index (χ1) is 11.0. The maximum atomic E-state index is 13.2. The summed E-state index contributed by atoms with van der Waals surface area (Å²) in [4.78, 5) is 21.7. The molecule has 0 atom stereocenters. The standard InChI is InChI=1S/C16H12FN3O3/c17-14-7-6-13(9-15(14)20(22)23)19-16(21)8-5-11-1-3-12(10-18)4-2-11/h1-4,6-7,9H,5,8H2,(H,19,21). The summed E-state index contributed by atoms with van der Waals surface area (Å²) in [6.45, 7) is 0. The van der Waals surface area contributed by atoms with Gasteiger partial charge in [0.2, 0.25) is 11.7 Å². The molecule has 0 spiro atoms. The van der Waals surface area contributed by atoms with Gasteiger partial charge in [0.15, 0.2) is 0 Å². The monoisotopic (exact) mass is 313 g/mol.